The molecule has 20 heavy (non-hydrogen) atoms. The van der Waals surface area contributed by atoms with E-state index >= 15 is 0 Å². The normalized spacial score (nSPS) is 13.3. The van der Waals surface area contributed by atoms with Crippen LogP contribution in [0.25, 0.3) is 0 Å². The SMILES string of the molecule is Cc1nn(C)cc1NC(C)c1ccc(C(C)(C)C)cc1. The monoisotopic (exact) mass is 271 g/mol. The molecule has 0 spiro atoms. The number of nitrogens with zero attached hydrogens (tertiary/aromatic N) is 2. The topological polar surface area (TPSA) is 29.9 Å². The van der Waals surface area contributed by atoms with E-state index in [4.69, 9.17) is 0 Å². The first kappa shape index (κ1) is 14.6. The van der Waals surface area contributed by atoms with E-state index in [1.54, 1.807) is 0 Å². The maximum absolute atomic E-state index is 4.36. The number of benzene rings is 1. The summed E-state index contributed by atoms with van der Waals surface area (Å²) in [6, 6.07) is 9.15. The number of aryl methyl sites for hydroxylation is 2. The molecule has 0 saturated heterocycles. The van der Waals surface area contributed by atoms with Gasteiger partial charge in [0.05, 0.1) is 11.4 Å². The largest absolute Gasteiger partial charge is 0.376 e. The van der Waals surface area contributed by atoms with Crippen LogP contribution >= 0.6 is 0 Å². The first-order valence-corrected chi connectivity index (χ1v) is 7.14. The molecule has 1 N–H and O–H groups in total. The second-order valence-corrected chi connectivity index (χ2v) is 6.54. The van der Waals surface area contributed by atoms with Crippen LogP contribution in [0.1, 0.15) is 50.6 Å². The van der Waals surface area contributed by atoms with Crippen molar-refractivity contribution in [2.24, 2.45) is 7.05 Å². The Morgan fingerprint density at radius 3 is 2.20 bits per heavy atom. The molecule has 0 aliphatic heterocycles. The predicted molar refractivity (Wildman–Crippen MR) is 85.1 cm³/mol. The van der Waals surface area contributed by atoms with Gasteiger partial charge in [-0.3, -0.25) is 4.68 Å². The molecule has 2 aromatic rings. The van der Waals surface area contributed by atoms with Crippen LogP contribution in [0.3, 0.4) is 0 Å². The van der Waals surface area contributed by atoms with Gasteiger partial charge in [-0.05, 0) is 30.4 Å². The summed E-state index contributed by atoms with van der Waals surface area (Å²) < 4.78 is 1.84. The molecule has 0 aliphatic rings. The van der Waals surface area contributed by atoms with E-state index in [2.05, 4.69) is 62.4 Å². The average molecular weight is 271 g/mol. The molecule has 1 atom stereocenters. The minimum Gasteiger partial charge on any atom is -0.376 e. The number of rotatable bonds is 3. The van der Waals surface area contributed by atoms with Gasteiger partial charge in [0.25, 0.3) is 0 Å². The first-order valence-electron chi connectivity index (χ1n) is 7.14. The summed E-state index contributed by atoms with van der Waals surface area (Å²) in [5, 5.41) is 7.88. The summed E-state index contributed by atoms with van der Waals surface area (Å²) in [5.41, 5.74) is 4.99. The van der Waals surface area contributed by atoms with Crippen molar-refractivity contribution < 1.29 is 0 Å². The molecular weight excluding hydrogens is 246 g/mol. The molecule has 0 aliphatic carbocycles. The first-order chi connectivity index (χ1) is 9.27. The van der Waals surface area contributed by atoms with Crippen molar-refractivity contribution in [1.29, 1.82) is 0 Å². The van der Waals surface area contributed by atoms with Crippen LogP contribution in [0, 0.1) is 6.92 Å². The third-order valence-corrected chi connectivity index (χ3v) is 3.66. The summed E-state index contributed by atoms with van der Waals surface area (Å²) in [6.07, 6.45) is 2.02. The molecule has 2 rings (SSSR count). The van der Waals surface area contributed by atoms with Crippen molar-refractivity contribution in [3.8, 4) is 0 Å². The van der Waals surface area contributed by atoms with Crippen LogP contribution in [0.4, 0.5) is 5.69 Å². The summed E-state index contributed by atoms with van der Waals surface area (Å²) in [5.74, 6) is 0. The molecule has 3 heteroatoms. The number of aromatic nitrogens is 2. The third kappa shape index (κ3) is 3.21. The number of hydrogen-bond donors (Lipinski definition) is 1. The van der Waals surface area contributed by atoms with Gasteiger partial charge in [-0.15, -0.1) is 0 Å². The van der Waals surface area contributed by atoms with Crippen LogP contribution < -0.4 is 5.32 Å². The zero-order chi connectivity index (χ0) is 14.9. The fraction of sp³-hybridized carbons (Fsp3) is 0.471. The highest BCUT2D eigenvalue weighted by molar-refractivity contribution is 5.47. The number of anilines is 1. The Hall–Kier alpha value is -1.77. The third-order valence-electron chi connectivity index (χ3n) is 3.66. The smallest absolute Gasteiger partial charge is 0.0825 e. The van der Waals surface area contributed by atoms with Crippen LogP contribution in [0.2, 0.25) is 0 Å². The van der Waals surface area contributed by atoms with Crippen LogP contribution in [0.5, 0.6) is 0 Å². The minimum atomic E-state index is 0.204. The summed E-state index contributed by atoms with van der Waals surface area (Å²) in [7, 11) is 1.95. The van der Waals surface area contributed by atoms with Gasteiger partial charge in [-0.2, -0.15) is 5.10 Å². The Morgan fingerprint density at radius 1 is 1.15 bits per heavy atom. The molecule has 0 radical (unpaired) electrons. The van der Waals surface area contributed by atoms with Crippen molar-refractivity contribution in [3.63, 3.8) is 0 Å². The summed E-state index contributed by atoms with van der Waals surface area (Å²) in [4.78, 5) is 0. The highest BCUT2D eigenvalue weighted by Gasteiger charge is 2.14. The van der Waals surface area contributed by atoms with Gasteiger partial charge in [-0.25, -0.2) is 0 Å². The second-order valence-electron chi connectivity index (χ2n) is 6.54. The molecule has 1 aromatic heterocycles. The Bertz CT molecular complexity index is 573. The highest BCUT2D eigenvalue weighted by atomic mass is 15.3. The quantitative estimate of drug-likeness (QED) is 0.906. The molecule has 1 aromatic carbocycles. The van der Waals surface area contributed by atoms with E-state index in [-0.39, 0.29) is 11.5 Å². The Kier molecular flexibility index (Phi) is 3.89. The van der Waals surface area contributed by atoms with Crippen LogP contribution in [0.15, 0.2) is 30.5 Å². The predicted octanol–water partition coefficient (Wildman–Crippen LogP) is 4.20. The Morgan fingerprint density at radius 2 is 1.75 bits per heavy atom. The fourth-order valence-corrected chi connectivity index (χ4v) is 2.33. The molecule has 0 amide bonds. The van der Waals surface area contributed by atoms with Crippen molar-refractivity contribution in [3.05, 3.63) is 47.3 Å². The molecule has 3 nitrogen and oxygen atoms in total. The van der Waals surface area contributed by atoms with E-state index < -0.39 is 0 Å². The molecule has 0 bridgehead atoms. The van der Waals surface area contributed by atoms with Crippen molar-refractivity contribution >= 4 is 5.69 Å². The molecule has 108 valence electrons. The highest BCUT2D eigenvalue weighted by Crippen LogP contribution is 2.25. The summed E-state index contributed by atoms with van der Waals surface area (Å²) >= 11 is 0. The molecule has 0 fully saturated rings. The zero-order valence-corrected chi connectivity index (χ0v) is 13.4. The van der Waals surface area contributed by atoms with E-state index in [9.17, 15) is 0 Å². The van der Waals surface area contributed by atoms with E-state index in [1.165, 1.54) is 11.1 Å². The second kappa shape index (κ2) is 5.31. The van der Waals surface area contributed by atoms with Gasteiger partial charge in [0, 0.05) is 19.3 Å². The van der Waals surface area contributed by atoms with E-state index in [1.807, 2.05) is 24.9 Å². The van der Waals surface area contributed by atoms with Crippen LogP contribution in [-0.4, -0.2) is 9.78 Å². The molecule has 1 heterocycles. The van der Waals surface area contributed by atoms with Gasteiger partial charge < -0.3 is 5.32 Å². The van der Waals surface area contributed by atoms with Crippen molar-refractivity contribution in [2.45, 2.75) is 46.1 Å². The van der Waals surface area contributed by atoms with Gasteiger partial charge in [0.15, 0.2) is 0 Å². The summed E-state index contributed by atoms with van der Waals surface area (Å²) in [6.45, 7) is 10.9. The number of hydrogen-bond acceptors (Lipinski definition) is 2. The Labute approximate surface area is 122 Å². The molecule has 0 saturated carbocycles. The van der Waals surface area contributed by atoms with Gasteiger partial charge in [0.1, 0.15) is 0 Å². The Balaban J connectivity index is 2.13. The average Bonchev–Trinajstić information content (AvgIpc) is 2.67. The van der Waals surface area contributed by atoms with E-state index in [0.29, 0.717) is 0 Å². The van der Waals surface area contributed by atoms with Gasteiger partial charge >= 0.3 is 0 Å². The van der Waals surface area contributed by atoms with Crippen molar-refractivity contribution in [1.82, 2.24) is 9.78 Å². The van der Waals surface area contributed by atoms with Crippen LogP contribution in [-0.2, 0) is 12.5 Å². The maximum atomic E-state index is 4.36. The van der Waals surface area contributed by atoms with E-state index in [0.717, 1.165) is 11.4 Å². The van der Waals surface area contributed by atoms with Gasteiger partial charge in [-0.1, -0.05) is 45.0 Å². The number of nitrogens with one attached hydrogen (secondary N) is 1. The zero-order valence-electron chi connectivity index (χ0n) is 13.4. The standard InChI is InChI=1S/C17H25N3/c1-12(18-16-11-20(6)19-13(16)2)14-7-9-15(10-8-14)17(3,4)5/h7-12,18H,1-6H3. The fourth-order valence-electron chi connectivity index (χ4n) is 2.33. The minimum absolute atomic E-state index is 0.204. The lowest BCUT2D eigenvalue weighted by Gasteiger charge is -2.21. The molecular formula is C17H25N3. The lowest BCUT2D eigenvalue weighted by atomic mass is 9.86. The van der Waals surface area contributed by atoms with Crippen molar-refractivity contribution in [2.75, 3.05) is 5.32 Å². The lowest BCUT2D eigenvalue weighted by molar-refractivity contribution is 0.589. The molecule has 1 unspecified atom stereocenters. The maximum Gasteiger partial charge on any atom is 0.0825 e. The lowest BCUT2D eigenvalue weighted by Crippen LogP contribution is -2.12. The van der Waals surface area contributed by atoms with Gasteiger partial charge in [0.2, 0.25) is 0 Å².